The van der Waals surface area contributed by atoms with Crippen molar-refractivity contribution >= 4 is 47.9 Å². The summed E-state index contributed by atoms with van der Waals surface area (Å²) in [6, 6.07) is 14.2. The maximum absolute atomic E-state index is 10.2. The van der Waals surface area contributed by atoms with Crippen molar-refractivity contribution in [3.05, 3.63) is 58.3 Å². The minimum Gasteiger partial charge on any atom is -0.456 e. The molecular formula is C30H36BrClN4O5S. The molecule has 12 heteroatoms. The zero-order chi connectivity index (χ0) is 29.7. The Morgan fingerprint density at radius 2 is 1.71 bits per heavy atom. The fraction of sp³-hybridized carbons (Fsp3) is 0.433. The number of halogens is 2. The number of nitrogens with zero attached hydrogens (tertiary/aromatic N) is 4. The number of pyridine rings is 2. The fourth-order valence-electron chi connectivity index (χ4n) is 5.05. The molecule has 0 aliphatic carbocycles. The van der Waals surface area contributed by atoms with Crippen molar-refractivity contribution in [2.24, 2.45) is 0 Å². The Morgan fingerprint density at radius 3 is 2.43 bits per heavy atom. The van der Waals surface area contributed by atoms with Gasteiger partial charge in [-0.25, -0.2) is 9.97 Å². The van der Waals surface area contributed by atoms with Crippen LogP contribution in [-0.2, 0) is 20.9 Å². The van der Waals surface area contributed by atoms with Crippen molar-refractivity contribution < 1.29 is 24.1 Å². The van der Waals surface area contributed by atoms with E-state index in [2.05, 4.69) is 45.9 Å². The van der Waals surface area contributed by atoms with Gasteiger partial charge in [0, 0.05) is 17.3 Å². The van der Waals surface area contributed by atoms with Gasteiger partial charge in [-0.05, 0) is 64.4 Å². The van der Waals surface area contributed by atoms with Crippen molar-refractivity contribution in [2.45, 2.75) is 31.1 Å². The van der Waals surface area contributed by atoms with Gasteiger partial charge in [-0.2, -0.15) is 4.98 Å². The molecule has 2 aliphatic heterocycles. The molecule has 0 spiro atoms. The number of thiol groups is 1. The molecule has 4 aromatic rings. The number of aliphatic hydroxyl groups excluding tert-OH is 1. The molecule has 4 atom stereocenters. The van der Waals surface area contributed by atoms with E-state index < -0.39 is 27.5 Å². The molecule has 3 aromatic heterocycles. The molecule has 0 amide bonds. The smallest absolute Gasteiger partial charge is 0.301 e. The molecule has 9 nitrogen and oxygen atoms in total. The van der Waals surface area contributed by atoms with Gasteiger partial charge in [-0.15, -0.1) is 0 Å². The highest BCUT2D eigenvalue weighted by Crippen LogP contribution is 2.54. The third-order valence-corrected chi connectivity index (χ3v) is 10.2. The summed E-state index contributed by atoms with van der Waals surface area (Å²) < 4.78 is 26.7. The first-order chi connectivity index (χ1) is 19.9. The zero-order valence-electron chi connectivity index (χ0n) is 24.0. The number of hydrogen-bond donors (Lipinski definition) is 2. The van der Waals surface area contributed by atoms with Crippen LogP contribution < -0.4 is 4.74 Å². The largest absolute Gasteiger partial charge is 0.456 e. The highest BCUT2D eigenvalue weighted by atomic mass is 79.9. The predicted molar refractivity (Wildman–Crippen MR) is 172 cm³/mol. The van der Waals surface area contributed by atoms with Gasteiger partial charge in [0.25, 0.3) is 0 Å². The number of ether oxygens (including phenoxy) is 4. The summed E-state index contributed by atoms with van der Waals surface area (Å²) in [5.41, 5.74) is 4.74. The van der Waals surface area contributed by atoms with Gasteiger partial charge in [0.15, 0.2) is 11.8 Å². The molecule has 0 radical (unpaired) electrons. The van der Waals surface area contributed by atoms with Gasteiger partial charge >= 0.3 is 6.01 Å². The Kier molecular flexibility index (Phi) is 8.05. The normalized spacial score (nSPS) is 23.2. The maximum Gasteiger partial charge on any atom is 0.301 e. The molecule has 2 aliphatic rings. The highest BCUT2D eigenvalue weighted by molar-refractivity contribution is 9.10. The fourth-order valence-corrected chi connectivity index (χ4v) is 6.40. The van der Waals surface area contributed by atoms with Crippen LogP contribution in [0.5, 0.6) is 6.01 Å². The zero-order valence-corrected chi connectivity index (χ0v) is 27.3. The molecule has 5 heterocycles. The Labute approximate surface area is 258 Å². The summed E-state index contributed by atoms with van der Waals surface area (Å²) in [5, 5.41) is 10.7. The van der Waals surface area contributed by atoms with Crippen molar-refractivity contribution in [3.8, 4) is 28.4 Å². The summed E-state index contributed by atoms with van der Waals surface area (Å²) >= 11 is 10.2. The molecule has 42 heavy (non-hydrogen) atoms. The van der Waals surface area contributed by atoms with E-state index in [1.807, 2.05) is 53.2 Å². The first-order valence-electron chi connectivity index (χ1n) is 13.9. The minimum absolute atomic E-state index is 0.223. The number of rotatable bonds is 9. The molecule has 2 saturated heterocycles. The second-order valence-electron chi connectivity index (χ2n) is 13.0. The number of fused-ring (bicyclic) bond motifs is 2. The maximum atomic E-state index is 10.2. The number of aromatic nitrogens is 4. The van der Waals surface area contributed by atoms with E-state index in [0.29, 0.717) is 41.1 Å². The van der Waals surface area contributed by atoms with Crippen LogP contribution in [0.15, 0.2) is 53.3 Å². The van der Waals surface area contributed by atoms with Crippen LogP contribution in [-0.4, -0.2) is 99.6 Å². The lowest BCUT2D eigenvalue weighted by molar-refractivity contribution is 0.00346. The molecule has 2 fully saturated rings. The van der Waals surface area contributed by atoms with Gasteiger partial charge < -0.3 is 24.1 Å². The molecule has 2 unspecified atom stereocenters. The van der Waals surface area contributed by atoms with Crippen LogP contribution in [0.25, 0.3) is 33.5 Å². The highest BCUT2D eigenvalue weighted by Gasteiger charge is 2.49. The summed E-state index contributed by atoms with van der Waals surface area (Å²) in [7, 11) is -1.72. The number of benzene rings is 1. The summed E-state index contributed by atoms with van der Waals surface area (Å²) in [6.07, 6.45) is 9.29. The van der Waals surface area contributed by atoms with Gasteiger partial charge in [-0.3, -0.25) is 13.7 Å². The van der Waals surface area contributed by atoms with E-state index in [1.54, 1.807) is 0 Å². The molecular weight excluding hydrogens is 644 g/mol. The van der Waals surface area contributed by atoms with Crippen molar-refractivity contribution in [3.63, 3.8) is 0 Å². The Balaban J connectivity index is 1.30. The van der Waals surface area contributed by atoms with Crippen LogP contribution in [0.4, 0.5) is 0 Å². The van der Waals surface area contributed by atoms with Gasteiger partial charge in [0.1, 0.15) is 29.6 Å². The molecule has 1 aromatic carbocycles. The molecule has 1 N–H and O–H groups in total. The van der Waals surface area contributed by atoms with E-state index in [9.17, 15) is 5.11 Å². The van der Waals surface area contributed by atoms with Crippen LogP contribution >= 0.6 is 36.7 Å². The van der Waals surface area contributed by atoms with E-state index in [1.165, 1.54) is 0 Å². The van der Waals surface area contributed by atoms with Crippen molar-refractivity contribution in [1.82, 2.24) is 19.5 Å². The van der Waals surface area contributed by atoms with Gasteiger partial charge in [-0.1, -0.05) is 41.9 Å². The van der Waals surface area contributed by atoms with Gasteiger partial charge in [0.05, 0.1) is 36.1 Å². The lowest BCUT2D eigenvalue weighted by atomic mass is 10.0. The minimum atomic E-state index is -1.72. The average Bonchev–Trinajstić information content (AvgIpc) is 3.61. The molecule has 226 valence electrons. The average molecular weight is 680 g/mol. The Hall–Kier alpha value is -2.25. The van der Waals surface area contributed by atoms with Crippen LogP contribution in [0.1, 0.15) is 0 Å². The third-order valence-electron chi connectivity index (χ3n) is 7.47. The van der Waals surface area contributed by atoms with E-state index in [0.717, 1.165) is 27.0 Å². The first kappa shape index (κ1) is 29.8. The molecule has 0 bridgehead atoms. The van der Waals surface area contributed by atoms with Crippen LogP contribution in [0.2, 0.25) is 5.02 Å². The SMILES string of the molecule is C[SH](C)(C)(C)CCOCn1c(O[C@@H]2COC3C2OC[C@H]3O)nc2nc(-c3ccc(-c4ccc(Br)nc4)cc3)c(Cl)cc21. The summed E-state index contributed by atoms with van der Waals surface area (Å²) in [6.45, 7) is 1.36. The van der Waals surface area contributed by atoms with Crippen LogP contribution in [0.3, 0.4) is 0 Å². The lowest BCUT2D eigenvalue weighted by Gasteiger charge is -2.46. The first-order valence-corrected chi connectivity index (χ1v) is 19.2. The summed E-state index contributed by atoms with van der Waals surface area (Å²) in [4.78, 5) is 13.9. The van der Waals surface area contributed by atoms with Crippen molar-refractivity contribution in [2.75, 3.05) is 50.6 Å². The number of hydrogen-bond acceptors (Lipinski definition) is 8. The van der Waals surface area contributed by atoms with Crippen LogP contribution in [0, 0.1) is 0 Å². The van der Waals surface area contributed by atoms with E-state index in [-0.39, 0.29) is 19.4 Å². The Morgan fingerprint density at radius 1 is 1.00 bits per heavy atom. The second kappa shape index (κ2) is 11.4. The molecule has 0 saturated carbocycles. The molecule has 6 rings (SSSR count). The second-order valence-corrected chi connectivity index (χ2v) is 22.5. The topological polar surface area (TPSA) is 101 Å². The number of aliphatic hydroxyl groups is 1. The quantitative estimate of drug-likeness (QED) is 0.144. The monoisotopic (exact) mass is 678 g/mol. The van der Waals surface area contributed by atoms with Crippen molar-refractivity contribution in [1.29, 1.82) is 0 Å². The predicted octanol–water partition coefficient (Wildman–Crippen LogP) is 5.05. The standard InChI is InChI=1S/C30H36BrClN4O5S/c1-42(2,3,4)12-11-38-17-36-22-13-21(32)26(19-7-5-18(6-8-19)20-9-10-25(31)33-14-20)34-29(22)35-30(36)41-24-16-40-27-23(37)15-39-28(24)27/h5-10,13-14,23-24,27-28,37,42H,11-12,15-17H2,1-4H3/t23-,24-,27?,28?/m1/s1. The summed E-state index contributed by atoms with van der Waals surface area (Å²) in [5.74, 6) is 0.996. The number of imidazole rings is 1. The Bertz CT molecular complexity index is 1580. The van der Waals surface area contributed by atoms with E-state index in [4.69, 9.17) is 40.5 Å². The van der Waals surface area contributed by atoms with E-state index >= 15 is 0 Å². The third kappa shape index (κ3) is 6.47. The lowest BCUT2D eigenvalue weighted by Crippen LogP contribution is -2.35. The van der Waals surface area contributed by atoms with Gasteiger partial charge in [0.2, 0.25) is 0 Å².